The zero-order valence-electron chi connectivity index (χ0n) is 13.0. The number of aryl methyl sites for hydroxylation is 1. The lowest BCUT2D eigenvalue weighted by atomic mass is 9.96. The Morgan fingerprint density at radius 2 is 2.00 bits per heavy atom. The summed E-state index contributed by atoms with van der Waals surface area (Å²) in [6, 6.07) is 14.8. The monoisotopic (exact) mass is 334 g/mol. The molecule has 1 atom stereocenters. The molecule has 0 spiro atoms. The molecule has 5 heteroatoms. The van der Waals surface area contributed by atoms with Gasteiger partial charge in [0.05, 0.1) is 6.04 Å². The molecule has 0 aromatic heterocycles. The van der Waals surface area contributed by atoms with E-state index < -0.39 is 6.67 Å². The minimum Gasteiger partial charge on any atom is -0.336 e. The Morgan fingerprint density at radius 3 is 2.70 bits per heavy atom. The van der Waals surface area contributed by atoms with Gasteiger partial charge in [0.15, 0.2) is 0 Å². The minimum atomic E-state index is -0.590. The van der Waals surface area contributed by atoms with Crippen LogP contribution in [0.1, 0.15) is 22.7 Å². The van der Waals surface area contributed by atoms with Crippen molar-refractivity contribution in [3.8, 4) is 0 Å². The fourth-order valence-corrected chi connectivity index (χ4v) is 2.60. The van der Waals surface area contributed by atoms with Gasteiger partial charge >= 0.3 is 6.03 Å². The number of amides is 2. The van der Waals surface area contributed by atoms with E-state index in [1.807, 2.05) is 49.4 Å². The average molecular weight is 335 g/mol. The van der Waals surface area contributed by atoms with E-state index in [-0.39, 0.29) is 18.6 Å². The van der Waals surface area contributed by atoms with Gasteiger partial charge in [0, 0.05) is 11.6 Å². The van der Waals surface area contributed by atoms with Gasteiger partial charge in [0.1, 0.15) is 6.67 Å². The lowest BCUT2D eigenvalue weighted by Gasteiger charge is -2.21. The van der Waals surface area contributed by atoms with Gasteiger partial charge < -0.3 is 10.6 Å². The molecule has 2 aromatic carbocycles. The van der Waals surface area contributed by atoms with Crippen LogP contribution >= 0.6 is 11.6 Å². The summed E-state index contributed by atoms with van der Waals surface area (Å²) in [5, 5.41) is 6.00. The average Bonchev–Trinajstić information content (AvgIpc) is 2.54. The molecule has 0 fully saturated rings. The molecule has 0 heterocycles. The molecular weight excluding hydrogens is 315 g/mol. The highest BCUT2D eigenvalue weighted by atomic mass is 35.5. The minimum absolute atomic E-state index is 0.00152. The van der Waals surface area contributed by atoms with Crippen LogP contribution in [0.3, 0.4) is 0 Å². The lowest BCUT2D eigenvalue weighted by Crippen LogP contribution is -2.39. The van der Waals surface area contributed by atoms with E-state index >= 15 is 0 Å². The Kier molecular flexibility index (Phi) is 6.41. The number of carbonyl (C=O) groups excluding carboxylic acids is 1. The summed E-state index contributed by atoms with van der Waals surface area (Å²) in [6.07, 6.45) is 0.635. The van der Waals surface area contributed by atoms with Crippen molar-refractivity contribution in [1.29, 1.82) is 0 Å². The molecular formula is C18H20ClFN2O. The SMILES string of the molecule is Cc1ccccc1CC(NC(=O)NCCF)c1cccc(Cl)c1. The predicted molar refractivity (Wildman–Crippen MR) is 91.6 cm³/mol. The third kappa shape index (κ3) is 5.25. The molecule has 0 saturated heterocycles. The Morgan fingerprint density at radius 1 is 1.22 bits per heavy atom. The summed E-state index contributed by atoms with van der Waals surface area (Å²) >= 11 is 6.07. The van der Waals surface area contributed by atoms with Gasteiger partial charge in [-0.2, -0.15) is 0 Å². The van der Waals surface area contributed by atoms with Crippen molar-refractivity contribution in [3.05, 3.63) is 70.2 Å². The second-order valence-corrected chi connectivity index (χ2v) is 5.76. The van der Waals surface area contributed by atoms with Gasteiger partial charge in [-0.1, -0.05) is 48.0 Å². The highest BCUT2D eigenvalue weighted by molar-refractivity contribution is 6.30. The van der Waals surface area contributed by atoms with Crippen LogP contribution in [0.4, 0.5) is 9.18 Å². The molecule has 0 radical (unpaired) electrons. The number of urea groups is 1. The van der Waals surface area contributed by atoms with Crippen molar-refractivity contribution in [2.45, 2.75) is 19.4 Å². The van der Waals surface area contributed by atoms with Gasteiger partial charge in [0.2, 0.25) is 0 Å². The highest BCUT2D eigenvalue weighted by Crippen LogP contribution is 2.23. The first-order valence-corrected chi connectivity index (χ1v) is 7.88. The molecule has 0 aliphatic heterocycles. The molecule has 23 heavy (non-hydrogen) atoms. The van der Waals surface area contributed by atoms with Gasteiger partial charge in [0.25, 0.3) is 0 Å². The van der Waals surface area contributed by atoms with Crippen molar-refractivity contribution in [2.24, 2.45) is 0 Å². The number of hydrogen-bond donors (Lipinski definition) is 2. The normalized spacial score (nSPS) is 11.8. The molecule has 0 aliphatic carbocycles. The van der Waals surface area contributed by atoms with E-state index in [1.165, 1.54) is 0 Å². The molecule has 2 N–H and O–H groups in total. The number of hydrogen-bond acceptors (Lipinski definition) is 1. The van der Waals surface area contributed by atoms with Gasteiger partial charge in [-0.25, -0.2) is 9.18 Å². The zero-order valence-corrected chi connectivity index (χ0v) is 13.7. The molecule has 122 valence electrons. The van der Waals surface area contributed by atoms with E-state index in [0.29, 0.717) is 11.4 Å². The molecule has 2 amide bonds. The van der Waals surface area contributed by atoms with E-state index in [4.69, 9.17) is 11.6 Å². The van der Waals surface area contributed by atoms with Crippen LogP contribution in [0.15, 0.2) is 48.5 Å². The van der Waals surface area contributed by atoms with E-state index in [0.717, 1.165) is 16.7 Å². The maximum Gasteiger partial charge on any atom is 0.315 e. The Labute approximate surface area is 140 Å². The topological polar surface area (TPSA) is 41.1 Å². The van der Waals surface area contributed by atoms with E-state index in [2.05, 4.69) is 10.6 Å². The number of benzene rings is 2. The van der Waals surface area contributed by atoms with Crippen molar-refractivity contribution in [3.63, 3.8) is 0 Å². The van der Waals surface area contributed by atoms with E-state index in [9.17, 15) is 9.18 Å². The molecule has 0 aliphatic rings. The van der Waals surface area contributed by atoms with Crippen LogP contribution < -0.4 is 10.6 Å². The van der Waals surface area contributed by atoms with Gasteiger partial charge in [-0.15, -0.1) is 0 Å². The van der Waals surface area contributed by atoms with Gasteiger partial charge in [-0.05, 0) is 42.2 Å². The standard InChI is InChI=1S/C18H20ClFN2O/c1-13-5-2-3-6-14(13)12-17(22-18(23)21-10-9-20)15-7-4-8-16(19)11-15/h2-8,11,17H,9-10,12H2,1H3,(H2,21,22,23). The highest BCUT2D eigenvalue weighted by Gasteiger charge is 2.16. The maximum atomic E-state index is 12.2. The van der Waals surface area contributed by atoms with Crippen molar-refractivity contribution in [1.82, 2.24) is 10.6 Å². The van der Waals surface area contributed by atoms with Crippen LogP contribution in [0, 0.1) is 6.92 Å². The Balaban J connectivity index is 2.20. The second-order valence-electron chi connectivity index (χ2n) is 5.33. The first kappa shape index (κ1) is 17.3. The third-order valence-corrected chi connectivity index (χ3v) is 3.86. The quantitative estimate of drug-likeness (QED) is 0.816. The summed E-state index contributed by atoms with van der Waals surface area (Å²) in [6.45, 7) is 1.44. The van der Waals surface area contributed by atoms with E-state index in [1.54, 1.807) is 6.07 Å². The second kappa shape index (κ2) is 8.53. The number of halogens is 2. The fraction of sp³-hybridized carbons (Fsp3) is 0.278. The molecule has 1 unspecified atom stereocenters. The fourth-order valence-electron chi connectivity index (χ4n) is 2.40. The number of carbonyl (C=O) groups is 1. The van der Waals surface area contributed by atoms with Gasteiger partial charge in [-0.3, -0.25) is 0 Å². The maximum absolute atomic E-state index is 12.2. The molecule has 0 saturated carbocycles. The van der Waals surface area contributed by atoms with Crippen molar-refractivity contribution in [2.75, 3.05) is 13.2 Å². The predicted octanol–water partition coefficient (Wildman–Crippen LogP) is 4.20. The molecule has 2 rings (SSSR count). The van der Waals surface area contributed by atoms with Crippen LogP contribution in [0.25, 0.3) is 0 Å². The first-order chi connectivity index (χ1) is 11.1. The van der Waals surface area contributed by atoms with Crippen LogP contribution in [-0.4, -0.2) is 19.3 Å². The Hall–Kier alpha value is -2.07. The molecule has 2 aromatic rings. The van der Waals surface area contributed by atoms with Crippen molar-refractivity contribution >= 4 is 17.6 Å². The van der Waals surface area contributed by atoms with Crippen LogP contribution in [0.5, 0.6) is 0 Å². The molecule has 3 nitrogen and oxygen atoms in total. The largest absolute Gasteiger partial charge is 0.336 e. The first-order valence-electron chi connectivity index (χ1n) is 7.50. The number of rotatable bonds is 6. The van der Waals surface area contributed by atoms with Crippen molar-refractivity contribution < 1.29 is 9.18 Å². The summed E-state index contributed by atoms with van der Waals surface area (Å²) in [5.74, 6) is 0. The zero-order chi connectivity index (χ0) is 16.7. The number of alkyl halides is 1. The van der Waals surface area contributed by atoms with Crippen LogP contribution in [-0.2, 0) is 6.42 Å². The summed E-state index contributed by atoms with van der Waals surface area (Å²) in [7, 11) is 0. The summed E-state index contributed by atoms with van der Waals surface area (Å²) < 4.78 is 12.2. The van der Waals surface area contributed by atoms with Crippen LogP contribution in [0.2, 0.25) is 5.02 Å². The summed E-state index contributed by atoms with van der Waals surface area (Å²) in [5.41, 5.74) is 3.21. The Bertz CT molecular complexity index is 663. The molecule has 0 bridgehead atoms. The third-order valence-electron chi connectivity index (χ3n) is 3.62. The lowest BCUT2D eigenvalue weighted by molar-refractivity contribution is 0.236. The summed E-state index contributed by atoms with van der Waals surface area (Å²) in [4.78, 5) is 11.9. The number of nitrogens with one attached hydrogen (secondary N) is 2. The smallest absolute Gasteiger partial charge is 0.315 e.